The Balaban J connectivity index is 1.89. The van der Waals surface area contributed by atoms with Crippen LogP contribution in [-0.4, -0.2) is 21.9 Å². The van der Waals surface area contributed by atoms with Gasteiger partial charge in [-0.25, -0.2) is 0 Å². The lowest BCUT2D eigenvalue weighted by atomic mass is 9.70. The van der Waals surface area contributed by atoms with Crippen LogP contribution in [0.15, 0.2) is 0 Å². The summed E-state index contributed by atoms with van der Waals surface area (Å²) in [6.07, 6.45) is 12.0. The molecule has 2 rings (SSSR count). The quantitative estimate of drug-likeness (QED) is 0.804. The van der Waals surface area contributed by atoms with Crippen molar-refractivity contribution in [3.05, 3.63) is 0 Å². The Labute approximate surface area is 112 Å². The van der Waals surface area contributed by atoms with E-state index in [1.807, 2.05) is 0 Å². The monoisotopic (exact) mass is 254 g/mol. The van der Waals surface area contributed by atoms with Crippen molar-refractivity contribution in [1.82, 2.24) is 0 Å². The Bertz CT molecular complexity index is 245. The van der Waals surface area contributed by atoms with Gasteiger partial charge >= 0.3 is 0 Å². The third kappa shape index (κ3) is 3.71. The lowest BCUT2D eigenvalue weighted by Crippen LogP contribution is -2.39. The molecule has 0 bridgehead atoms. The normalized spacial score (nSPS) is 36.5. The Kier molecular flexibility index (Phi) is 5.08. The molecule has 0 radical (unpaired) electrons. The van der Waals surface area contributed by atoms with E-state index in [1.165, 1.54) is 25.7 Å². The molecule has 0 heterocycles. The maximum absolute atomic E-state index is 10.6. The van der Waals surface area contributed by atoms with Crippen molar-refractivity contribution in [3.8, 4) is 0 Å². The first-order chi connectivity index (χ1) is 8.63. The molecule has 106 valence electrons. The summed E-state index contributed by atoms with van der Waals surface area (Å²) in [6.45, 7) is 2.24. The number of rotatable bonds is 4. The summed E-state index contributed by atoms with van der Waals surface area (Å²) in [5.41, 5.74) is -0.460. The largest absolute Gasteiger partial charge is 0.393 e. The van der Waals surface area contributed by atoms with Crippen molar-refractivity contribution in [2.24, 2.45) is 11.8 Å². The molecule has 2 aliphatic carbocycles. The van der Waals surface area contributed by atoms with Crippen molar-refractivity contribution >= 4 is 0 Å². The molecule has 0 aromatic heterocycles. The number of hydrogen-bond donors (Lipinski definition) is 2. The molecule has 2 fully saturated rings. The highest BCUT2D eigenvalue weighted by atomic mass is 16.3. The molecule has 2 aliphatic rings. The summed E-state index contributed by atoms with van der Waals surface area (Å²) in [6, 6.07) is 0. The molecule has 0 aromatic carbocycles. The van der Waals surface area contributed by atoms with Gasteiger partial charge in [0.25, 0.3) is 0 Å². The number of hydrogen-bond acceptors (Lipinski definition) is 2. The van der Waals surface area contributed by atoms with E-state index >= 15 is 0 Å². The molecule has 0 aliphatic heterocycles. The lowest BCUT2D eigenvalue weighted by molar-refractivity contribution is -0.0536. The van der Waals surface area contributed by atoms with Crippen LogP contribution in [0, 0.1) is 11.8 Å². The summed E-state index contributed by atoms with van der Waals surface area (Å²) < 4.78 is 0. The van der Waals surface area contributed by atoms with Gasteiger partial charge in [0.1, 0.15) is 0 Å². The fraction of sp³-hybridized carbons (Fsp3) is 1.00. The van der Waals surface area contributed by atoms with Gasteiger partial charge in [0.15, 0.2) is 0 Å². The van der Waals surface area contributed by atoms with Crippen LogP contribution in [0.25, 0.3) is 0 Å². The van der Waals surface area contributed by atoms with Gasteiger partial charge in [0.05, 0.1) is 11.7 Å². The van der Waals surface area contributed by atoms with Gasteiger partial charge in [-0.3, -0.25) is 0 Å². The highest BCUT2D eigenvalue weighted by Gasteiger charge is 2.37. The van der Waals surface area contributed by atoms with Crippen LogP contribution >= 0.6 is 0 Å². The second-order valence-electron chi connectivity index (χ2n) is 6.78. The maximum atomic E-state index is 10.6. The molecule has 2 N–H and O–H groups in total. The molecule has 18 heavy (non-hydrogen) atoms. The highest BCUT2D eigenvalue weighted by molar-refractivity contribution is 4.89. The van der Waals surface area contributed by atoms with Gasteiger partial charge in [0, 0.05) is 0 Å². The highest BCUT2D eigenvalue weighted by Crippen LogP contribution is 2.40. The van der Waals surface area contributed by atoms with Crippen LogP contribution in [0.2, 0.25) is 0 Å². The van der Waals surface area contributed by atoms with Crippen LogP contribution < -0.4 is 0 Å². The van der Waals surface area contributed by atoms with Crippen molar-refractivity contribution in [1.29, 1.82) is 0 Å². The van der Waals surface area contributed by atoms with Gasteiger partial charge in [-0.2, -0.15) is 0 Å². The number of aliphatic hydroxyl groups excluding tert-OH is 1. The molecule has 2 saturated carbocycles. The smallest absolute Gasteiger partial charge is 0.0651 e. The molecule has 0 spiro atoms. The predicted molar refractivity (Wildman–Crippen MR) is 74.4 cm³/mol. The Morgan fingerprint density at radius 1 is 1.11 bits per heavy atom. The second-order valence-corrected chi connectivity index (χ2v) is 6.78. The van der Waals surface area contributed by atoms with E-state index in [1.54, 1.807) is 0 Å². The van der Waals surface area contributed by atoms with Gasteiger partial charge in [-0.1, -0.05) is 39.0 Å². The molecule has 3 atom stereocenters. The minimum Gasteiger partial charge on any atom is -0.393 e. The number of aliphatic hydroxyl groups is 2. The second kappa shape index (κ2) is 6.38. The van der Waals surface area contributed by atoms with Crippen molar-refractivity contribution < 1.29 is 10.2 Å². The van der Waals surface area contributed by atoms with Crippen LogP contribution in [-0.2, 0) is 0 Å². The summed E-state index contributed by atoms with van der Waals surface area (Å²) >= 11 is 0. The minimum absolute atomic E-state index is 0.163. The first-order valence-electron chi connectivity index (χ1n) is 8.03. The minimum atomic E-state index is -0.460. The molecule has 3 unspecified atom stereocenters. The van der Waals surface area contributed by atoms with E-state index in [-0.39, 0.29) is 6.10 Å². The van der Waals surface area contributed by atoms with E-state index in [0.717, 1.165) is 50.9 Å². The standard InChI is InChI=1S/C16H30O2/c1-2-6-13-7-8-15(17)14(11-13)12-16(18)9-4-3-5-10-16/h13-15,17-18H,2-12H2,1H3. The molecule has 0 saturated heterocycles. The molecular formula is C16H30O2. The predicted octanol–water partition coefficient (Wildman–Crippen LogP) is 3.65. The third-order valence-electron chi connectivity index (χ3n) is 5.17. The summed E-state index contributed by atoms with van der Waals surface area (Å²) in [5.74, 6) is 1.13. The molecule has 0 aromatic rings. The molecule has 2 heteroatoms. The summed E-state index contributed by atoms with van der Waals surface area (Å²) in [5, 5.41) is 20.8. The van der Waals surface area contributed by atoms with Crippen LogP contribution in [0.3, 0.4) is 0 Å². The summed E-state index contributed by atoms with van der Waals surface area (Å²) in [7, 11) is 0. The molecule has 2 nitrogen and oxygen atoms in total. The van der Waals surface area contributed by atoms with E-state index in [2.05, 4.69) is 6.92 Å². The summed E-state index contributed by atoms with van der Waals surface area (Å²) in [4.78, 5) is 0. The first-order valence-corrected chi connectivity index (χ1v) is 8.03. The van der Waals surface area contributed by atoms with E-state index < -0.39 is 5.60 Å². The van der Waals surface area contributed by atoms with Crippen LogP contribution in [0.5, 0.6) is 0 Å². The lowest BCUT2D eigenvalue weighted by Gasteiger charge is -2.40. The van der Waals surface area contributed by atoms with E-state index in [4.69, 9.17) is 0 Å². The van der Waals surface area contributed by atoms with Gasteiger partial charge in [-0.15, -0.1) is 0 Å². The van der Waals surface area contributed by atoms with Gasteiger partial charge in [0.2, 0.25) is 0 Å². The maximum Gasteiger partial charge on any atom is 0.0651 e. The Morgan fingerprint density at radius 2 is 1.83 bits per heavy atom. The van der Waals surface area contributed by atoms with Gasteiger partial charge < -0.3 is 10.2 Å². The van der Waals surface area contributed by atoms with E-state index in [0.29, 0.717) is 5.92 Å². The molecular weight excluding hydrogens is 224 g/mol. The zero-order valence-electron chi connectivity index (χ0n) is 11.9. The Hall–Kier alpha value is -0.0800. The van der Waals surface area contributed by atoms with E-state index in [9.17, 15) is 10.2 Å². The Morgan fingerprint density at radius 3 is 2.50 bits per heavy atom. The van der Waals surface area contributed by atoms with Gasteiger partial charge in [-0.05, 0) is 50.4 Å². The zero-order valence-corrected chi connectivity index (χ0v) is 11.9. The van der Waals surface area contributed by atoms with Crippen LogP contribution in [0.1, 0.15) is 77.6 Å². The fourth-order valence-electron chi connectivity index (χ4n) is 4.14. The average molecular weight is 254 g/mol. The fourth-order valence-corrected chi connectivity index (χ4v) is 4.14. The third-order valence-corrected chi connectivity index (χ3v) is 5.17. The van der Waals surface area contributed by atoms with Crippen LogP contribution in [0.4, 0.5) is 0 Å². The topological polar surface area (TPSA) is 40.5 Å². The van der Waals surface area contributed by atoms with Crippen molar-refractivity contribution in [2.45, 2.75) is 89.3 Å². The van der Waals surface area contributed by atoms with Crippen molar-refractivity contribution in [2.75, 3.05) is 0 Å². The zero-order chi connectivity index (χ0) is 13.0. The SMILES string of the molecule is CCCC1CCC(O)C(CC2(O)CCCCC2)C1. The molecule has 0 amide bonds. The van der Waals surface area contributed by atoms with Crippen molar-refractivity contribution in [3.63, 3.8) is 0 Å². The first kappa shape index (κ1) is 14.3. The average Bonchev–Trinajstić information content (AvgIpc) is 2.34.